The number of amides is 1. The quantitative estimate of drug-likeness (QED) is 0.494. The first kappa shape index (κ1) is 23.3. The minimum atomic E-state index is -3.58. The number of esters is 1. The second-order valence-electron chi connectivity index (χ2n) is 7.22. The molecule has 11 nitrogen and oxygen atoms in total. The molecule has 0 saturated heterocycles. The molecule has 32 heavy (non-hydrogen) atoms. The zero-order valence-electron chi connectivity index (χ0n) is 18.1. The van der Waals surface area contributed by atoms with E-state index in [-0.39, 0.29) is 23.7 Å². The second-order valence-corrected chi connectivity index (χ2v) is 9.37. The molecule has 2 aromatic heterocycles. The van der Waals surface area contributed by atoms with Gasteiger partial charge in [0.1, 0.15) is 5.82 Å². The van der Waals surface area contributed by atoms with Crippen LogP contribution in [-0.4, -0.2) is 64.3 Å². The lowest BCUT2D eigenvalue weighted by atomic mass is 10.3. The first-order chi connectivity index (χ1) is 15.1. The van der Waals surface area contributed by atoms with Crippen molar-refractivity contribution in [3.8, 4) is 0 Å². The number of sulfonamides is 1. The van der Waals surface area contributed by atoms with E-state index in [9.17, 15) is 18.0 Å². The van der Waals surface area contributed by atoms with Crippen molar-refractivity contribution in [3.05, 3.63) is 42.5 Å². The smallest absolute Gasteiger partial charge is 0.307 e. The number of aryl methyl sites for hydroxylation is 2. The van der Waals surface area contributed by atoms with Crippen LogP contribution in [0.15, 0.2) is 41.6 Å². The van der Waals surface area contributed by atoms with Crippen LogP contribution in [0.2, 0.25) is 0 Å². The zero-order chi connectivity index (χ0) is 23.5. The molecule has 1 atom stereocenters. The number of benzene rings is 1. The molecule has 0 saturated carbocycles. The van der Waals surface area contributed by atoms with Crippen molar-refractivity contribution in [2.75, 3.05) is 19.4 Å². The van der Waals surface area contributed by atoms with Gasteiger partial charge in [0, 0.05) is 40.0 Å². The van der Waals surface area contributed by atoms with Crippen LogP contribution in [0.5, 0.6) is 0 Å². The first-order valence-corrected chi connectivity index (χ1v) is 11.2. The Morgan fingerprint density at radius 3 is 2.56 bits per heavy atom. The number of fused-ring (bicyclic) bond motifs is 1. The Morgan fingerprint density at radius 2 is 1.91 bits per heavy atom. The Bertz CT molecular complexity index is 1240. The van der Waals surface area contributed by atoms with E-state index >= 15 is 0 Å². The summed E-state index contributed by atoms with van der Waals surface area (Å²) in [5.74, 6) is -0.395. The monoisotopic (exact) mass is 460 g/mol. The average molecular weight is 461 g/mol. The third-order valence-corrected chi connectivity index (χ3v) is 6.57. The third-order valence-electron chi connectivity index (χ3n) is 4.75. The van der Waals surface area contributed by atoms with Gasteiger partial charge < -0.3 is 9.30 Å². The molecule has 1 unspecified atom stereocenters. The largest absolute Gasteiger partial charge is 0.453 e. The molecule has 0 aliphatic heterocycles. The van der Waals surface area contributed by atoms with Crippen LogP contribution in [-0.2, 0) is 37.8 Å². The van der Waals surface area contributed by atoms with E-state index in [4.69, 9.17) is 4.74 Å². The lowest BCUT2D eigenvalue weighted by Gasteiger charge is -2.12. The van der Waals surface area contributed by atoms with Crippen LogP contribution in [0.4, 0.5) is 5.95 Å². The Labute approximate surface area is 185 Å². The summed E-state index contributed by atoms with van der Waals surface area (Å²) in [4.78, 5) is 36.7. The molecular weight excluding hydrogens is 436 g/mol. The van der Waals surface area contributed by atoms with E-state index in [1.54, 1.807) is 23.7 Å². The van der Waals surface area contributed by atoms with Gasteiger partial charge in [-0.2, -0.15) is 0 Å². The summed E-state index contributed by atoms with van der Waals surface area (Å²) in [6, 6.07) is 6.32. The Hall–Kier alpha value is -3.38. The molecule has 1 aromatic carbocycles. The molecular formula is C20H24N6O5S. The van der Waals surface area contributed by atoms with Crippen molar-refractivity contribution >= 4 is 38.9 Å². The van der Waals surface area contributed by atoms with E-state index in [1.807, 2.05) is 0 Å². The van der Waals surface area contributed by atoms with Crippen molar-refractivity contribution in [1.82, 2.24) is 23.8 Å². The maximum absolute atomic E-state index is 12.3. The molecule has 1 amide bonds. The van der Waals surface area contributed by atoms with Crippen LogP contribution >= 0.6 is 0 Å². The average Bonchev–Trinajstić information content (AvgIpc) is 3.07. The highest BCUT2D eigenvalue weighted by Crippen LogP contribution is 2.22. The maximum Gasteiger partial charge on any atom is 0.307 e. The van der Waals surface area contributed by atoms with E-state index in [0.717, 1.165) is 9.82 Å². The maximum atomic E-state index is 12.3. The van der Waals surface area contributed by atoms with Gasteiger partial charge in [-0.25, -0.2) is 27.7 Å². The number of imidazole rings is 1. The molecule has 3 rings (SSSR count). The number of nitrogens with one attached hydrogen (secondary N) is 1. The number of rotatable bonds is 8. The van der Waals surface area contributed by atoms with Crippen LogP contribution in [0.25, 0.3) is 11.0 Å². The molecule has 0 aliphatic carbocycles. The summed E-state index contributed by atoms with van der Waals surface area (Å²) >= 11 is 0. The predicted octanol–water partition coefficient (Wildman–Crippen LogP) is 1.12. The molecule has 0 spiro atoms. The Balaban J connectivity index is 1.63. The van der Waals surface area contributed by atoms with Gasteiger partial charge in [-0.3, -0.25) is 14.9 Å². The van der Waals surface area contributed by atoms with Gasteiger partial charge in [-0.15, -0.1) is 0 Å². The van der Waals surface area contributed by atoms with Crippen LogP contribution < -0.4 is 5.32 Å². The normalized spacial score (nSPS) is 12.7. The number of anilines is 1. The Morgan fingerprint density at radius 1 is 1.22 bits per heavy atom. The van der Waals surface area contributed by atoms with Gasteiger partial charge in [0.15, 0.2) is 6.10 Å². The Kier molecular flexibility index (Phi) is 6.84. The van der Waals surface area contributed by atoms with Crippen LogP contribution in [0, 0.1) is 0 Å². The molecule has 0 fully saturated rings. The molecule has 0 aliphatic rings. The minimum absolute atomic E-state index is 0.000523. The summed E-state index contributed by atoms with van der Waals surface area (Å²) in [5.41, 5.74) is 1.25. The van der Waals surface area contributed by atoms with Crippen molar-refractivity contribution in [2.45, 2.75) is 30.8 Å². The number of nitrogens with zero attached hydrogens (tertiary/aromatic N) is 5. The minimum Gasteiger partial charge on any atom is -0.453 e. The number of hydrogen-bond donors (Lipinski definition) is 1. The van der Waals surface area contributed by atoms with Crippen molar-refractivity contribution < 1.29 is 22.7 Å². The molecule has 0 radical (unpaired) electrons. The van der Waals surface area contributed by atoms with Gasteiger partial charge in [0.2, 0.25) is 16.0 Å². The van der Waals surface area contributed by atoms with Crippen LogP contribution in [0.3, 0.4) is 0 Å². The zero-order valence-corrected chi connectivity index (χ0v) is 19.0. The number of aromatic nitrogens is 4. The number of carbonyl (C=O) groups excluding carboxylic acids is 2. The molecule has 12 heteroatoms. The number of hydrogen-bond acceptors (Lipinski definition) is 8. The first-order valence-electron chi connectivity index (χ1n) is 9.75. The van der Waals surface area contributed by atoms with Gasteiger partial charge in [-0.1, -0.05) is 0 Å². The highest BCUT2D eigenvalue weighted by atomic mass is 32.2. The van der Waals surface area contributed by atoms with E-state index in [2.05, 4.69) is 20.3 Å². The van der Waals surface area contributed by atoms with Crippen molar-refractivity contribution in [1.29, 1.82) is 0 Å². The number of carbonyl (C=O) groups is 2. The van der Waals surface area contributed by atoms with E-state index in [0.29, 0.717) is 11.3 Å². The highest BCUT2D eigenvalue weighted by Gasteiger charge is 2.21. The molecule has 0 bridgehead atoms. The fourth-order valence-corrected chi connectivity index (χ4v) is 3.85. The summed E-state index contributed by atoms with van der Waals surface area (Å²) < 4.78 is 32.8. The fourth-order valence-electron chi connectivity index (χ4n) is 2.92. The van der Waals surface area contributed by atoms with Crippen LogP contribution in [0.1, 0.15) is 19.2 Å². The van der Waals surface area contributed by atoms with E-state index in [1.165, 1.54) is 45.5 Å². The summed E-state index contributed by atoms with van der Waals surface area (Å²) in [5, 5.41) is 2.47. The number of ether oxygens (including phenoxy) is 1. The SMILES string of the molecule is CC(OC(=O)CCc1nc2cc(S(=O)(=O)N(C)C)ccc2n1C)C(=O)Nc1ncccn1. The summed E-state index contributed by atoms with van der Waals surface area (Å²) in [7, 11) is 1.13. The van der Waals surface area contributed by atoms with Gasteiger partial charge in [-0.05, 0) is 31.2 Å². The summed E-state index contributed by atoms with van der Waals surface area (Å²) in [6.45, 7) is 1.46. The lowest BCUT2D eigenvalue weighted by molar-refractivity contribution is -0.153. The lowest BCUT2D eigenvalue weighted by Crippen LogP contribution is -2.30. The third kappa shape index (κ3) is 5.08. The van der Waals surface area contributed by atoms with Crippen molar-refractivity contribution in [2.24, 2.45) is 7.05 Å². The van der Waals surface area contributed by atoms with E-state index < -0.39 is 28.0 Å². The molecule has 2 heterocycles. The fraction of sp³-hybridized carbons (Fsp3) is 0.350. The van der Waals surface area contributed by atoms with Gasteiger partial charge in [0.25, 0.3) is 5.91 Å². The predicted molar refractivity (Wildman–Crippen MR) is 116 cm³/mol. The second kappa shape index (κ2) is 9.40. The van der Waals surface area contributed by atoms with Gasteiger partial charge in [0.05, 0.1) is 22.3 Å². The molecule has 1 N–H and O–H groups in total. The standard InChI is InChI=1S/C20H24N6O5S/c1-13(19(28)24-20-21-10-5-11-22-20)31-18(27)9-8-17-23-15-12-14(32(29,30)25(2)3)6-7-16(15)26(17)4/h5-7,10-13H,8-9H2,1-4H3,(H,21,22,24,28). The molecule has 170 valence electrons. The van der Waals surface area contributed by atoms with Crippen molar-refractivity contribution in [3.63, 3.8) is 0 Å². The highest BCUT2D eigenvalue weighted by molar-refractivity contribution is 7.89. The van der Waals surface area contributed by atoms with Gasteiger partial charge >= 0.3 is 5.97 Å². The molecule has 3 aromatic rings. The summed E-state index contributed by atoms with van der Waals surface area (Å²) in [6.07, 6.45) is 2.20. The topological polar surface area (TPSA) is 136 Å².